The molecule has 1 aliphatic rings. The van der Waals surface area contributed by atoms with Crippen LogP contribution in [0.25, 0.3) is 0 Å². The first-order valence-electron chi connectivity index (χ1n) is 12.9. The van der Waals surface area contributed by atoms with Gasteiger partial charge >= 0.3 is 17.9 Å². The molecule has 43 heavy (non-hydrogen) atoms. The lowest BCUT2D eigenvalue weighted by Crippen LogP contribution is -2.59. The summed E-state index contributed by atoms with van der Waals surface area (Å²) in [6.45, 7) is -1.62. The summed E-state index contributed by atoms with van der Waals surface area (Å²) in [6, 6.07) is -7.85. The number of likely N-dealkylation sites (tertiary alicyclic amines) is 1. The second kappa shape index (κ2) is 17.2. The lowest BCUT2D eigenvalue weighted by atomic mass is 10.1. The van der Waals surface area contributed by atoms with Crippen LogP contribution in [0.15, 0.2) is 0 Å². The lowest BCUT2D eigenvalue weighted by molar-refractivity contribution is -0.148. The fourth-order valence-corrected chi connectivity index (χ4v) is 3.93. The van der Waals surface area contributed by atoms with Crippen molar-refractivity contribution < 1.29 is 63.6 Å². The molecule has 0 spiro atoms. The fraction of sp³-hybridized carbons (Fsp3) is 0.609. The molecule has 1 heterocycles. The number of hydrogen-bond donors (Lipinski definition) is 10. The summed E-state index contributed by atoms with van der Waals surface area (Å²) in [5.41, 5.74) is 10.7. The lowest BCUT2D eigenvalue weighted by Gasteiger charge is -2.25. The van der Waals surface area contributed by atoms with Crippen molar-refractivity contribution >= 4 is 53.4 Å². The van der Waals surface area contributed by atoms with E-state index in [2.05, 4.69) is 10.6 Å². The van der Waals surface area contributed by atoms with Crippen LogP contribution in [-0.2, 0) is 43.2 Å². The predicted molar refractivity (Wildman–Crippen MR) is 139 cm³/mol. The third-order valence-corrected chi connectivity index (χ3v) is 6.14. The summed E-state index contributed by atoms with van der Waals surface area (Å²) in [4.78, 5) is 109. The van der Waals surface area contributed by atoms with Gasteiger partial charge in [-0.2, -0.15) is 0 Å². The zero-order chi connectivity index (χ0) is 32.9. The van der Waals surface area contributed by atoms with Gasteiger partial charge in [0.1, 0.15) is 24.2 Å². The number of nitrogens with zero attached hydrogens (tertiary/aromatic N) is 1. The van der Waals surface area contributed by atoms with E-state index in [-0.39, 0.29) is 19.4 Å². The fourth-order valence-electron chi connectivity index (χ4n) is 3.93. The van der Waals surface area contributed by atoms with Gasteiger partial charge in [0.25, 0.3) is 0 Å². The van der Waals surface area contributed by atoms with E-state index in [1.54, 1.807) is 0 Å². The number of nitrogens with two attached hydrogens (primary N) is 2. The molecule has 240 valence electrons. The number of primary amides is 1. The molecule has 1 aliphatic heterocycles. The molecule has 0 aromatic carbocycles. The Morgan fingerprint density at radius 2 is 1.35 bits per heavy atom. The Hall–Kier alpha value is -4.85. The van der Waals surface area contributed by atoms with Gasteiger partial charge in [0, 0.05) is 13.0 Å². The van der Waals surface area contributed by atoms with E-state index in [1.807, 2.05) is 10.6 Å². The quantitative estimate of drug-likeness (QED) is 0.0685. The van der Waals surface area contributed by atoms with Crippen molar-refractivity contribution in [1.29, 1.82) is 0 Å². The molecule has 5 atom stereocenters. The first-order valence-corrected chi connectivity index (χ1v) is 12.9. The average molecular weight is 618 g/mol. The Morgan fingerprint density at radius 3 is 1.86 bits per heavy atom. The molecule has 1 saturated heterocycles. The summed E-state index contributed by atoms with van der Waals surface area (Å²) in [7, 11) is 0. The molecule has 0 unspecified atom stereocenters. The number of aliphatic hydroxyl groups excluding tert-OH is 1. The van der Waals surface area contributed by atoms with Gasteiger partial charge in [-0.15, -0.1) is 0 Å². The van der Waals surface area contributed by atoms with Crippen LogP contribution in [0.4, 0.5) is 0 Å². The number of hydrogen-bond acceptors (Lipinski definition) is 11. The third-order valence-electron chi connectivity index (χ3n) is 6.14. The minimum absolute atomic E-state index is 0.124. The predicted octanol–water partition coefficient (Wildman–Crippen LogP) is -5.83. The molecule has 1 rings (SSSR count). The van der Waals surface area contributed by atoms with Crippen molar-refractivity contribution in [3.8, 4) is 0 Å². The number of amides is 6. The largest absolute Gasteiger partial charge is 0.481 e. The van der Waals surface area contributed by atoms with Gasteiger partial charge in [0.15, 0.2) is 0 Å². The van der Waals surface area contributed by atoms with Crippen molar-refractivity contribution in [3.05, 3.63) is 0 Å². The maximum Gasteiger partial charge on any atom is 0.326 e. The molecule has 0 aromatic heterocycles. The van der Waals surface area contributed by atoms with Crippen LogP contribution in [0.5, 0.6) is 0 Å². The maximum atomic E-state index is 12.9. The van der Waals surface area contributed by atoms with Crippen LogP contribution in [0.1, 0.15) is 38.5 Å². The number of rotatable bonds is 18. The third kappa shape index (κ3) is 12.3. The van der Waals surface area contributed by atoms with Gasteiger partial charge < -0.3 is 58.1 Å². The van der Waals surface area contributed by atoms with Crippen molar-refractivity contribution in [1.82, 2.24) is 26.2 Å². The normalized spacial score (nSPS) is 17.0. The molecule has 0 bridgehead atoms. The van der Waals surface area contributed by atoms with Gasteiger partial charge in [0.05, 0.1) is 32.0 Å². The number of carbonyl (C=O) groups excluding carboxylic acids is 6. The highest BCUT2D eigenvalue weighted by molar-refractivity contribution is 5.98. The van der Waals surface area contributed by atoms with Crippen LogP contribution in [-0.4, -0.2) is 129 Å². The zero-order valence-corrected chi connectivity index (χ0v) is 22.8. The highest BCUT2D eigenvalue weighted by Gasteiger charge is 2.35. The smallest absolute Gasteiger partial charge is 0.326 e. The second-order valence-electron chi connectivity index (χ2n) is 9.47. The van der Waals surface area contributed by atoms with Gasteiger partial charge in [-0.25, -0.2) is 4.79 Å². The molecule has 1 fully saturated rings. The molecular weight excluding hydrogens is 582 g/mol. The summed E-state index contributed by atoms with van der Waals surface area (Å²) < 4.78 is 0. The summed E-state index contributed by atoms with van der Waals surface area (Å²) in [5.74, 6) is -10.6. The molecule has 12 N–H and O–H groups in total. The highest BCUT2D eigenvalue weighted by atomic mass is 16.4. The molecule has 0 saturated carbocycles. The first-order chi connectivity index (χ1) is 20.1. The van der Waals surface area contributed by atoms with E-state index in [0.717, 1.165) is 4.90 Å². The van der Waals surface area contributed by atoms with Gasteiger partial charge in [-0.1, -0.05) is 0 Å². The minimum atomic E-state index is -1.83. The number of nitrogens with one attached hydrogen (secondary N) is 4. The number of aliphatic hydroxyl groups is 1. The molecule has 20 heteroatoms. The van der Waals surface area contributed by atoms with Crippen LogP contribution in [0, 0.1) is 0 Å². The van der Waals surface area contributed by atoms with E-state index in [9.17, 15) is 58.5 Å². The number of aliphatic carboxylic acids is 3. The van der Waals surface area contributed by atoms with Crippen LogP contribution < -0.4 is 32.7 Å². The Kier molecular flexibility index (Phi) is 14.5. The van der Waals surface area contributed by atoms with E-state index >= 15 is 0 Å². The molecule has 0 aliphatic carbocycles. The molecule has 6 amide bonds. The van der Waals surface area contributed by atoms with Crippen LogP contribution in [0.2, 0.25) is 0 Å². The summed E-state index contributed by atoms with van der Waals surface area (Å²) in [5, 5.41) is 44.9. The van der Waals surface area contributed by atoms with Gasteiger partial charge in [0.2, 0.25) is 35.4 Å². The minimum Gasteiger partial charge on any atom is -0.481 e. The number of carbonyl (C=O) groups is 9. The molecular formula is C23H35N7O13. The average Bonchev–Trinajstić information content (AvgIpc) is 3.42. The van der Waals surface area contributed by atoms with Crippen LogP contribution in [0.3, 0.4) is 0 Å². The van der Waals surface area contributed by atoms with Crippen molar-refractivity contribution in [2.45, 2.75) is 68.7 Å². The Balaban J connectivity index is 2.93. The number of carboxylic acid groups (broad SMARTS) is 3. The van der Waals surface area contributed by atoms with Crippen LogP contribution >= 0.6 is 0 Å². The van der Waals surface area contributed by atoms with Crippen molar-refractivity contribution in [3.63, 3.8) is 0 Å². The summed E-state index contributed by atoms with van der Waals surface area (Å²) in [6.07, 6.45) is -2.02. The highest BCUT2D eigenvalue weighted by Crippen LogP contribution is 2.17. The Morgan fingerprint density at radius 1 is 0.791 bits per heavy atom. The van der Waals surface area contributed by atoms with E-state index in [0.29, 0.717) is 6.42 Å². The number of carboxylic acids is 3. The van der Waals surface area contributed by atoms with E-state index in [4.69, 9.17) is 16.6 Å². The topological polar surface area (TPSA) is 338 Å². The molecule has 0 aromatic rings. The van der Waals surface area contributed by atoms with Gasteiger partial charge in [-0.3, -0.25) is 38.4 Å². The Labute approximate surface area is 243 Å². The Bertz CT molecular complexity index is 1120. The molecule has 20 nitrogen and oxygen atoms in total. The first kappa shape index (κ1) is 36.2. The van der Waals surface area contributed by atoms with Crippen molar-refractivity contribution in [2.75, 3.05) is 19.7 Å². The van der Waals surface area contributed by atoms with Gasteiger partial charge in [-0.05, 0) is 19.3 Å². The standard InChI is InChI=1S/C23H35N7O13/c24-10(3-4-17(34)35)19(38)29-13(9-31)22(41)27-11(6-15(25)32)21(40)28-12(7-18(36)37)20(39)26-8-16(33)30-5-1-2-14(30)23(42)43/h10-14,31H,1-9,24H2,(H2,25,32)(H,26,39)(H,27,41)(H,28,40)(H,29,38)(H,34,35)(H,36,37)(H,42,43)/t10-,11-,12-,13-,14-/m0/s1. The monoisotopic (exact) mass is 617 g/mol. The zero-order valence-electron chi connectivity index (χ0n) is 22.8. The van der Waals surface area contributed by atoms with E-state index < -0.39 is 116 Å². The maximum absolute atomic E-state index is 12.9. The van der Waals surface area contributed by atoms with Crippen molar-refractivity contribution in [2.24, 2.45) is 11.5 Å². The van der Waals surface area contributed by atoms with E-state index in [1.165, 1.54) is 0 Å². The second-order valence-corrected chi connectivity index (χ2v) is 9.47. The molecule has 0 radical (unpaired) electrons. The SMILES string of the molecule is NC(=O)C[C@H](NC(=O)[C@H](CO)NC(=O)[C@@H](N)CCC(=O)O)C(=O)N[C@@H](CC(=O)O)C(=O)NCC(=O)N1CCC[C@H]1C(=O)O. The summed E-state index contributed by atoms with van der Waals surface area (Å²) >= 11 is 0.